The number of benzene rings is 3. The highest BCUT2D eigenvalue weighted by atomic mass is 16.5. The van der Waals surface area contributed by atoms with Crippen molar-refractivity contribution in [2.75, 3.05) is 26.6 Å². The molecule has 0 fully saturated rings. The fourth-order valence-corrected chi connectivity index (χ4v) is 5.78. The molecule has 3 aromatic carbocycles. The monoisotopic (exact) mass is 538 g/mol. The molecular formula is C33H34N2O5. The molecule has 3 aromatic rings. The summed E-state index contributed by atoms with van der Waals surface area (Å²) in [6.07, 6.45) is 0.981. The van der Waals surface area contributed by atoms with E-state index < -0.39 is 5.92 Å². The highest BCUT2D eigenvalue weighted by molar-refractivity contribution is 6.10. The first-order valence-electron chi connectivity index (χ1n) is 13.3. The normalized spacial score (nSPS) is 18.6. The quantitative estimate of drug-likeness (QED) is 0.383. The Morgan fingerprint density at radius 3 is 2.27 bits per heavy atom. The van der Waals surface area contributed by atoms with Crippen molar-refractivity contribution in [3.05, 3.63) is 106 Å². The van der Waals surface area contributed by atoms with E-state index in [9.17, 15) is 9.59 Å². The van der Waals surface area contributed by atoms with E-state index in [0.717, 1.165) is 28.1 Å². The zero-order valence-electron chi connectivity index (χ0n) is 23.5. The van der Waals surface area contributed by atoms with Gasteiger partial charge in [0.1, 0.15) is 5.75 Å². The molecule has 0 saturated carbocycles. The summed E-state index contributed by atoms with van der Waals surface area (Å²) in [7, 11) is 4.81. The number of ketones is 1. The first-order chi connectivity index (χ1) is 19.3. The molecule has 1 aliphatic heterocycles. The summed E-state index contributed by atoms with van der Waals surface area (Å²) in [5.74, 6) is 1.27. The van der Waals surface area contributed by atoms with Crippen LogP contribution in [0.1, 0.15) is 48.3 Å². The second-order valence-corrected chi connectivity index (χ2v) is 10.2. The third-order valence-corrected chi connectivity index (χ3v) is 7.80. The Bertz CT molecular complexity index is 1520. The average molecular weight is 539 g/mol. The molecule has 1 aliphatic carbocycles. The Morgan fingerprint density at radius 2 is 1.60 bits per heavy atom. The predicted octanol–water partition coefficient (Wildman–Crippen LogP) is 6.02. The summed E-state index contributed by atoms with van der Waals surface area (Å²) in [5.41, 5.74) is 6.45. The van der Waals surface area contributed by atoms with E-state index in [1.165, 1.54) is 0 Å². The van der Waals surface area contributed by atoms with Crippen molar-refractivity contribution in [3.63, 3.8) is 0 Å². The Balaban J connectivity index is 1.53. The van der Waals surface area contributed by atoms with Gasteiger partial charge >= 0.3 is 0 Å². The number of aryl methyl sites for hydroxylation is 1. The summed E-state index contributed by atoms with van der Waals surface area (Å²) in [6.45, 7) is 3.92. The third kappa shape index (κ3) is 5.07. The second kappa shape index (κ2) is 11.3. The van der Waals surface area contributed by atoms with E-state index in [4.69, 9.17) is 14.2 Å². The minimum absolute atomic E-state index is 0.0291. The molecule has 40 heavy (non-hydrogen) atoms. The van der Waals surface area contributed by atoms with Gasteiger partial charge in [-0.05, 0) is 79.3 Å². The molecule has 0 radical (unpaired) electrons. The number of dihydropyridines is 1. The summed E-state index contributed by atoms with van der Waals surface area (Å²) >= 11 is 0. The number of amides is 1. The van der Waals surface area contributed by atoms with E-state index >= 15 is 0 Å². The van der Waals surface area contributed by atoms with E-state index in [-0.39, 0.29) is 17.6 Å². The minimum Gasteiger partial charge on any atom is -0.497 e. The SMILES string of the molecule is COc1ccc(NC(=O)C2=C(C)NC3=C(C(=O)C[C@@H](c4ccc(OC)c(OC)c4)C3)[C@@H]2c2ccccc2C)cc1. The molecule has 0 spiro atoms. The highest BCUT2D eigenvalue weighted by Gasteiger charge is 2.41. The van der Waals surface area contributed by atoms with Crippen LogP contribution < -0.4 is 24.8 Å². The van der Waals surface area contributed by atoms with Crippen LogP contribution in [0.4, 0.5) is 5.69 Å². The Hall–Kier alpha value is -4.52. The Kier molecular flexibility index (Phi) is 7.65. The maximum absolute atomic E-state index is 14.0. The fraction of sp³-hybridized carbons (Fsp3) is 0.273. The van der Waals surface area contributed by atoms with Crippen LogP contribution in [0.25, 0.3) is 0 Å². The molecule has 1 amide bonds. The number of carbonyl (C=O) groups excluding carboxylic acids is 2. The van der Waals surface area contributed by atoms with E-state index in [1.807, 2.05) is 56.3 Å². The lowest BCUT2D eigenvalue weighted by Gasteiger charge is -2.37. The van der Waals surface area contributed by atoms with Crippen molar-refractivity contribution in [2.24, 2.45) is 0 Å². The molecule has 206 valence electrons. The van der Waals surface area contributed by atoms with E-state index in [0.29, 0.717) is 46.9 Å². The lowest BCUT2D eigenvalue weighted by atomic mass is 9.71. The van der Waals surface area contributed by atoms with E-state index in [1.54, 1.807) is 45.6 Å². The van der Waals surface area contributed by atoms with Crippen LogP contribution in [-0.4, -0.2) is 33.0 Å². The van der Waals surface area contributed by atoms with Gasteiger partial charge in [0, 0.05) is 40.6 Å². The van der Waals surface area contributed by atoms with Crippen molar-refractivity contribution >= 4 is 17.4 Å². The number of Topliss-reactive ketones (excluding diaryl/α,β-unsaturated/α-hetero) is 1. The molecule has 2 aliphatic rings. The van der Waals surface area contributed by atoms with Crippen LogP contribution in [0.2, 0.25) is 0 Å². The Morgan fingerprint density at radius 1 is 0.875 bits per heavy atom. The zero-order valence-corrected chi connectivity index (χ0v) is 23.5. The van der Waals surface area contributed by atoms with Crippen LogP contribution in [0.15, 0.2) is 89.3 Å². The highest BCUT2D eigenvalue weighted by Crippen LogP contribution is 2.47. The molecule has 2 N–H and O–H groups in total. The molecule has 0 aromatic heterocycles. The number of hydrogen-bond donors (Lipinski definition) is 2. The van der Waals surface area contributed by atoms with Gasteiger partial charge in [-0.15, -0.1) is 0 Å². The molecule has 0 unspecified atom stereocenters. The lowest BCUT2D eigenvalue weighted by molar-refractivity contribution is -0.116. The molecule has 5 rings (SSSR count). The molecule has 1 heterocycles. The number of rotatable bonds is 7. The lowest BCUT2D eigenvalue weighted by Crippen LogP contribution is -2.37. The van der Waals surface area contributed by atoms with Gasteiger partial charge in [-0.25, -0.2) is 0 Å². The topological polar surface area (TPSA) is 85.9 Å². The predicted molar refractivity (Wildman–Crippen MR) is 155 cm³/mol. The first kappa shape index (κ1) is 27.1. The maximum atomic E-state index is 14.0. The van der Waals surface area contributed by atoms with Gasteiger partial charge in [-0.3, -0.25) is 9.59 Å². The minimum atomic E-state index is -0.477. The van der Waals surface area contributed by atoms with Gasteiger partial charge in [0.2, 0.25) is 0 Å². The van der Waals surface area contributed by atoms with Crippen molar-refractivity contribution in [1.82, 2.24) is 5.32 Å². The fourth-order valence-electron chi connectivity index (χ4n) is 5.78. The Labute approximate surface area is 234 Å². The first-order valence-corrected chi connectivity index (χ1v) is 13.3. The number of allylic oxidation sites excluding steroid dienone is 3. The van der Waals surface area contributed by atoms with Crippen molar-refractivity contribution in [1.29, 1.82) is 0 Å². The number of nitrogens with one attached hydrogen (secondary N) is 2. The van der Waals surface area contributed by atoms with Gasteiger partial charge in [0.15, 0.2) is 17.3 Å². The maximum Gasteiger partial charge on any atom is 0.254 e. The third-order valence-electron chi connectivity index (χ3n) is 7.80. The van der Waals surface area contributed by atoms with Crippen LogP contribution in [0.3, 0.4) is 0 Å². The molecule has 2 atom stereocenters. The second-order valence-electron chi connectivity index (χ2n) is 10.2. The van der Waals surface area contributed by atoms with Gasteiger partial charge in [0.25, 0.3) is 5.91 Å². The van der Waals surface area contributed by atoms with Crippen molar-refractivity contribution in [3.8, 4) is 17.2 Å². The molecule has 7 heteroatoms. The van der Waals surface area contributed by atoms with E-state index in [2.05, 4.69) is 10.6 Å². The van der Waals surface area contributed by atoms with Gasteiger partial charge in [0.05, 0.1) is 21.3 Å². The standard InChI is InChI=1S/C33H34N2O5/c1-19-8-6-7-9-25(19)31-30(33(37)35-23-11-13-24(38-3)14-12-23)20(2)34-26-16-22(17-27(36)32(26)31)21-10-15-28(39-4)29(18-21)40-5/h6-15,18,22,31,34H,16-17H2,1-5H3,(H,35,37)/t22-,31+/m0/s1. The number of hydrogen-bond acceptors (Lipinski definition) is 6. The van der Waals surface area contributed by atoms with Crippen molar-refractivity contribution < 1.29 is 23.8 Å². The molecule has 0 bridgehead atoms. The van der Waals surface area contributed by atoms with Gasteiger partial charge in [-0.1, -0.05) is 30.3 Å². The van der Waals surface area contributed by atoms with Crippen molar-refractivity contribution in [2.45, 2.75) is 38.5 Å². The summed E-state index contributed by atoms with van der Waals surface area (Å²) in [4.78, 5) is 27.8. The summed E-state index contributed by atoms with van der Waals surface area (Å²) < 4.78 is 16.2. The number of carbonyl (C=O) groups is 2. The molecule has 0 saturated heterocycles. The number of ether oxygens (including phenoxy) is 3. The van der Waals surface area contributed by atoms with Crippen LogP contribution in [0, 0.1) is 6.92 Å². The number of anilines is 1. The number of methoxy groups -OCH3 is 3. The smallest absolute Gasteiger partial charge is 0.254 e. The van der Waals surface area contributed by atoms with Crippen LogP contribution in [-0.2, 0) is 9.59 Å². The van der Waals surface area contributed by atoms with Crippen LogP contribution in [0.5, 0.6) is 17.2 Å². The zero-order chi connectivity index (χ0) is 28.4. The summed E-state index contributed by atoms with van der Waals surface area (Å²) in [5, 5.41) is 6.48. The molecule has 7 nitrogen and oxygen atoms in total. The largest absolute Gasteiger partial charge is 0.497 e. The summed E-state index contributed by atoms with van der Waals surface area (Å²) in [6, 6.07) is 21.0. The average Bonchev–Trinajstić information content (AvgIpc) is 2.96. The molecular weight excluding hydrogens is 504 g/mol. The van der Waals surface area contributed by atoms with Gasteiger partial charge < -0.3 is 24.8 Å². The van der Waals surface area contributed by atoms with Crippen LogP contribution >= 0.6 is 0 Å². The van der Waals surface area contributed by atoms with Gasteiger partial charge in [-0.2, -0.15) is 0 Å².